The Kier molecular flexibility index (Phi) is 21.5. The molecule has 0 rings (SSSR count). The summed E-state index contributed by atoms with van der Waals surface area (Å²) >= 11 is 0.659. The predicted molar refractivity (Wildman–Crippen MR) is 53.4 cm³/mol. The molecule has 0 heterocycles. The van der Waals surface area contributed by atoms with Crippen molar-refractivity contribution in [2.24, 2.45) is 0 Å². The Morgan fingerprint density at radius 2 is 1.14 bits per heavy atom. The summed E-state index contributed by atoms with van der Waals surface area (Å²) in [6.45, 7) is 4.00. The first-order valence-electron chi connectivity index (χ1n) is 3.49. The van der Waals surface area contributed by atoms with Crippen LogP contribution in [-0.4, -0.2) is 64.8 Å². The van der Waals surface area contributed by atoms with Crippen LogP contribution in [0.3, 0.4) is 0 Å². The summed E-state index contributed by atoms with van der Waals surface area (Å²) in [7, 11) is 0. The van der Waals surface area contributed by atoms with Gasteiger partial charge in [0.05, 0.1) is 0 Å². The molecule has 0 amide bonds. The standard InChI is InChI=1S/C4H6BO2.C2H4O2.Na.2H2O/c1-3(6)5-4(2)7;1-2(3)4;;;/h1-2H3;1H3,(H,3,4);;2*1H2/q+1;;-1;;. The zero-order valence-electron chi connectivity index (χ0n) is 8.75. The van der Waals surface area contributed by atoms with Crippen molar-refractivity contribution in [3.8, 4) is 0 Å². The molecule has 0 unspecified atom stereocenters. The maximum absolute atomic E-state index is 10.4. The minimum Gasteiger partial charge on any atom is -0.412 e. The van der Waals surface area contributed by atoms with Crippen LogP contribution in [0.15, 0.2) is 0 Å². The van der Waals surface area contributed by atoms with Gasteiger partial charge in [-0.05, 0) is 0 Å². The first-order chi connectivity index (χ1) is 5.29. The fourth-order valence-electron chi connectivity index (χ4n) is 0.286. The van der Waals surface area contributed by atoms with Gasteiger partial charge in [-0.2, -0.15) is 0 Å². The van der Waals surface area contributed by atoms with Crippen molar-refractivity contribution < 1.29 is 30.4 Å². The molecule has 8 heteroatoms. The van der Waals surface area contributed by atoms with Crippen molar-refractivity contribution in [3.05, 3.63) is 0 Å². The van der Waals surface area contributed by atoms with Crippen LogP contribution in [0.2, 0.25) is 0 Å². The van der Waals surface area contributed by atoms with Gasteiger partial charge >= 0.3 is 66.2 Å². The molecule has 6 nitrogen and oxygen atoms in total. The molecular weight excluding hydrogens is 202 g/mol. The molecular formula is C6H14BNaO6. The van der Waals surface area contributed by atoms with Gasteiger partial charge in [-0.15, -0.1) is 0 Å². The minimum atomic E-state index is -0.833. The van der Waals surface area contributed by atoms with Gasteiger partial charge in [0.1, 0.15) is 0 Å². The average Bonchev–Trinajstić information content (AvgIpc) is 1.84. The van der Waals surface area contributed by atoms with E-state index in [1.165, 1.54) is 13.8 Å². The maximum Gasteiger partial charge on any atom is -0.412 e. The second-order valence-electron chi connectivity index (χ2n) is 2.46. The molecule has 5 N–H and O–H groups in total. The van der Waals surface area contributed by atoms with Gasteiger partial charge in [-0.1, -0.05) is 0 Å². The van der Waals surface area contributed by atoms with Crippen LogP contribution in [-0.2, 0) is 14.4 Å². The van der Waals surface area contributed by atoms with Crippen molar-refractivity contribution in [1.82, 2.24) is 0 Å². The Balaban J connectivity index is -0.0000000733. The Morgan fingerprint density at radius 1 is 1.00 bits per heavy atom. The van der Waals surface area contributed by atoms with Crippen LogP contribution < -0.4 is 0 Å². The van der Waals surface area contributed by atoms with E-state index in [0.717, 1.165) is 6.92 Å². The Labute approximate surface area is 99.8 Å². The van der Waals surface area contributed by atoms with Gasteiger partial charge in [0, 0.05) is 6.92 Å². The van der Waals surface area contributed by atoms with E-state index in [-0.39, 0.29) is 26.1 Å². The smallest absolute Gasteiger partial charge is 0.412 e. The molecule has 0 saturated heterocycles. The molecule has 0 aromatic rings. The minimum absolute atomic E-state index is 0. The fourth-order valence-corrected chi connectivity index (χ4v) is 0.286. The monoisotopic (exact) mass is 216 g/mol. The largest absolute Gasteiger partial charge is 0.412 e. The molecule has 0 saturated carbocycles. The number of aliphatic carboxylic acids is 1. The van der Waals surface area contributed by atoms with Gasteiger partial charge in [-0.3, -0.25) is 4.79 Å². The first kappa shape index (κ1) is 23.5. The molecule has 0 atom stereocenters. The molecule has 0 radical (unpaired) electrons. The molecule has 0 aliphatic carbocycles. The van der Waals surface area contributed by atoms with E-state index in [1.807, 2.05) is 0 Å². The zero-order chi connectivity index (χ0) is 10.3. The second-order valence-corrected chi connectivity index (χ2v) is 3.62. The normalized spacial score (nSPS) is 6.64. The summed E-state index contributed by atoms with van der Waals surface area (Å²) in [5.41, 5.74) is 0.00772. The molecule has 0 spiro atoms. The fraction of sp³-hybridized carbons (Fsp3) is 0.500. The molecule has 78 valence electrons. The third kappa shape index (κ3) is 22.6. The number of carboxylic acid groups (broad SMARTS) is 1. The molecule has 14 heavy (non-hydrogen) atoms. The predicted octanol–water partition coefficient (Wildman–Crippen LogP) is -2.16. The number of carboxylic acids is 1. The number of rotatable bonds is 2. The number of hydrogen-bond donors (Lipinski definition) is 1. The SMILES string of the molecule is CC(=O)O.CC(=O)[B]([Na])C(C)=O.O.O. The van der Waals surface area contributed by atoms with Gasteiger partial charge in [-0.25, -0.2) is 0 Å². The van der Waals surface area contributed by atoms with Crippen LogP contribution in [0.5, 0.6) is 0 Å². The topological polar surface area (TPSA) is 134 Å². The van der Waals surface area contributed by atoms with Gasteiger partial charge in [0.25, 0.3) is 5.97 Å². The summed E-state index contributed by atoms with van der Waals surface area (Å²) in [6.07, 6.45) is 0. The molecule has 0 bridgehead atoms. The van der Waals surface area contributed by atoms with Crippen LogP contribution in [0, 0.1) is 0 Å². The Bertz CT molecular complexity index is 177. The summed E-state index contributed by atoms with van der Waals surface area (Å²) < 4.78 is -0.269. The number of carbonyl (C=O) groups excluding carboxylic acids is 2. The maximum atomic E-state index is 10.4. The van der Waals surface area contributed by atoms with Crippen molar-refractivity contribution in [2.75, 3.05) is 0 Å². The molecule has 0 aromatic carbocycles. The third-order valence-electron chi connectivity index (χ3n) is 1.22. The first-order valence-corrected chi connectivity index (χ1v) is 4.65. The summed E-state index contributed by atoms with van der Waals surface area (Å²) in [4.78, 5) is 29.8. The van der Waals surface area contributed by atoms with Crippen molar-refractivity contribution in [1.29, 1.82) is 0 Å². The zero-order valence-corrected chi connectivity index (χ0v) is 10.7. The summed E-state index contributed by atoms with van der Waals surface area (Å²) in [5.74, 6) is -0.833. The van der Waals surface area contributed by atoms with Gasteiger partial charge in [0.2, 0.25) is 0 Å². The number of carbonyl (C=O) groups is 3. The molecule has 0 aromatic heterocycles. The van der Waals surface area contributed by atoms with Crippen molar-refractivity contribution >= 4 is 48.8 Å². The van der Waals surface area contributed by atoms with Crippen molar-refractivity contribution in [2.45, 2.75) is 20.8 Å². The van der Waals surface area contributed by atoms with E-state index in [1.54, 1.807) is 0 Å². The van der Waals surface area contributed by atoms with E-state index in [0.29, 0.717) is 27.7 Å². The second kappa shape index (κ2) is 12.8. The van der Waals surface area contributed by atoms with Crippen LogP contribution in [0.1, 0.15) is 20.8 Å². The quantitative estimate of drug-likeness (QED) is 0.526. The van der Waals surface area contributed by atoms with Crippen molar-refractivity contribution in [3.63, 3.8) is 0 Å². The van der Waals surface area contributed by atoms with E-state index < -0.39 is 5.97 Å². The van der Waals surface area contributed by atoms with E-state index in [9.17, 15) is 9.59 Å². The molecule has 0 fully saturated rings. The van der Waals surface area contributed by atoms with Crippen LogP contribution in [0.4, 0.5) is 0 Å². The van der Waals surface area contributed by atoms with Gasteiger partial charge in [0.15, 0.2) is 0 Å². The van der Waals surface area contributed by atoms with E-state index in [2.05, 4.69) is 0 Å². The van der Waals surface area contributed by atoms with Crippen LogP contribution >= 0.6 is 0 Å². The molecule has 0 aliphatic heterocycles. The van der Waals surface area contributed by atoms with E-state index in [4.69, 9.17) is 9.90 Å². The Morgan fingerprint density at radius 3 is 1.14 bits per heavy atom. The Hall–Kier alpha value is -0.205. The van der Waals surface area contributed by atoms with Gasteiger partial charge < -0.3 is 16.1 Å². The van der Waals surface area contributed by atoms with Crippen LogP contribution in [0.25, 0.3) is 0 Å². The number of hydrogen-bond acceptors (Lipinski definition) is 3. The average molecular weight is 216 g/mol. The summed E-state index contributed by atoms with van der Waals surface area (Å²) in [5, 5.41) is 7.42. The third-order valence-corrected chi connectivity index (χ3v) is 2.85. The van der Waals surface area contributed by atoms with E-state index >= 15 is 0 Å². The molecule has 0 aliphatic rings. The summed E-state index contributed by atoms with van der Waals surface area (Å²) in [6, 6.07) is 0.